The van der Waals surface area contributed by atoms with E-state index >= 15 is 0 Å². The average Bonchev–Trinajstić information content (AvgIpc) is 2.72. The molecule has 0 atom stereocenters. The van der Waals surface area contributed by atoms with E-state index < -0.39 is 38.3 Å². The van der Waals surface area contributed by atoms with Crippen molar-refractivity contribution in [2.45, 2.75) is 11.8 Å². The van der Waals surface area contributed by atoms with Crippen molar-refractivity contribution in [1.82, 2.24) is 0 Å². The van der Waals surface area contributed by atoms with Gasteiger partial charge in [-0.15, -0.1) is 10.2 Å². The number of rotatable bonds is 8. The van der Waals surface area contributed by atoms with Crippen LogP contribution in [-0.2, 0) is 29.2 Å². The second-order valence-corrected chi connectivity index (χ2v) is 10.1. The van der Waals surface area contributed by atoms with Crippen molar-refractivity contribution in [3.63, 3.8) is 0 Å². The predicted molar refractivity (Wildman–Crippen MR) is 128 cm³/mol. The van der Waals surface area contributed by atoms with Crippen LogP contribution in [0.15, 0.2) is 63.7 Å². The molecule has 3 rings (SSSR count). The monoisotopic (exact) mass is 532 g/mol. The van der Waals surface area contributed by atoms with Gasteiger partial charge in [0.25, 0.3) is 0 Å². The summed E-state index contributed by atoms with van der Waals surface area (Å²) in [5.74, 6) is -1.83. The fourth-order valence-corrected chi connectivity index (χ4v) is 4.50. The summed E-state index contributed by atoms with van der Waals surface area (Å²) >= 11 is 0. The molecular formula is C20H19N3NaO9S2. The van der Waals surface area contributed by atoms with Gasteiger partial charge in [-0.1, -0.05) is 18.2 Å². The minimum atomic E-state index is -4.80. The summed E-state index contributed by atoms with van der Waals surface area (Å²) in [5.41, 5.74) is 0.0653. The van der Waals surface area contributed by atoms with Gasteiger partial charge in [-0.05, 0) is 35.7 Å². The smallest absolute Gasteiger partial charge is 0.397 e. The van der Waals surface area contributed by atoms with Crippen LogP contribution in [0.4, 0.5) is 17.1 Å². The van der Waals surface area contributed by atoms with Gasteiger partial charge in [0.1, 0.15) is 22.9 Å². The van der Waals surface area contributed by atoms with E-state index in [0.29, 0.717) is 16.5 Å². The molecule has 0 aliphatic heterocycles. The van der Waals surface area contributed by atoms with E-state index in [1.807, 2.05) is 0 Å². The Bertz CT molecular complexity index is 1510. The van der Waals surface area contributed by atoms with Crippen LogP contribution < -0.4 is 5.32 Å². The van der Waals surface area contributed by atoms with E-state index in [4.69, 9.17) is 4.55 Å². The molecule has 0 aliphatic rings. The molecule has 0 bridgehead atoms. The molecule has 3 aromatic carbocycles. The molecule has 4 N–H and O–H groups in total. The number of sulfone groups is 1. The SMILES string of the molecule is CC(=O)Nc1cccc2ccc(O)c(N=Nc3cc(S(=O)(=O)CCOS(=O)(=O)O)ccc3O)c12.[Na]. The van der Waals surface area contributed by atoms with Crippen LogP contribution in [0, 0.1) is 0 Å². The molecule has 181 valence electrons. The molecule has 0 aromatic heterocycles. The largest absolute Gasteiger partial charge is 0.506 e. The molecule has 0 fully saturated rings. The van der Waals surface area contributed by atoms with Gasteiger partial charge in [-0.3, -0.25) is 9.35 Å². The van der Waals surface area contributed by atoms with Crippen LogP contribution in [0.25, 0.3) is 10.8 Å². The summed E-state index contributed by atoms with van der Waals surface area (Å²) in [6.45, 7) is 0.489. The van der Waals surface area contributed by atoms with Gasteiger partial charge >= 0.3 is 10.4 Å². The number of aromatic hydroxyl groups is 2. The van der Waals surface area contributed by atoms with E-state index in [2.05, 4.69) is 19.7 Å². The number of azo groups is 1. The number of nitrogens with zero attached hydrogens (tertiary/aromatic N) is 2. The number of benzene rings is 3. The summed E-state index contributed by atoms with van der Waals surface area (Å²) in [4.78, 5) is 11.2. The Morgan fingerprint density at radius 2 is 1.69 bits per heavy atom. The Balaban J connectivity index is 0.00000432. The molecular weight excluding hydrogens is 513 g/mol. The second kappa shape index (κ2) is 11.4. The van der Waals surface area contributed by atoms with E-state index in [1.165, 1.54) is 13.0 Å². The maximum Gasteiger partial charge on any atom is 0.397 e. The average molecular weight is 533 g/mol. The fourth-order valence-electron chi connectivity index (χ4n) is 2.99. The first-order chi connectivity index (χ1) is 15.9. The van der Waals surface area contributed by atoms with Crippen LogP contribution in [0.5, 0.6) is 11.5 Å². The van der Waals surface area contributed by atoms with Crippen molar-refractivity contribution in [1.29, 1.82) is 0 Å². The third-order valence-corrected chi connectivity index (χ3v) is 6.60. The van der Waals surface area contributed by atoms with E-state index in [1.54, 1.807) is 24.3 Å². The number of carbonyl (C=O) groups is 1. The van der Waals surface area contributed by atoms with Gasteiger partial charge in [-0.2, -0.15) is 8.42 Å². The maximum atomic E-state index is 12.4. The van der Waals surface area contributed by atoms with Gasteiger partial charge < -0.3 is 15.5 Å². The zero-order chi connectivity index (χ0) is 25.1. The van der Waals surface area contributed by atoms with Crippen molar-refractivity contribution in [3.05, 3.63) is 48.5 Å². The molecule has 1 radical (unpaired) electrons. The molecule has 0 saturated heterocycles. The summed E-state index contributed by atoms with van der Waals surface area (Å²) in [6.07, 6.45) is 0. The molecule has 15 heteroatoms. The number of phenols is 2. The van der Waals surface area contributed by atoms with Crippen molar-refractivity contribution in [2.24, 2.45) is 10.2 Å². The van der Waals surface area contributed by atoms with Gasteiger partial charge in [-0.25, -0.2) is 12.6 Å². The first-order valence-corrected chi connectivity index (χ1v) is 12.5. The minimum Gasteiger partial charge on any atom is -0.506 e. The number of fused-ring (bicyclic) bond motifs is 1. The Hall–Kier alpha value is -2.59. The van der Waals surface area contributed by atoms with Gasteiger partial charge in [0.15, 0.2) is 9.84 Å². The third kappa shape index (κ3) is 7.44. The van der Waals surface area contributed by atoms with Gasteiger partial charge in [0.2, 0.25) is 5.91 Å². The number of nitrogens with one attached hydrogen (secondary N) is 1. The normalized spacial score (nSPS) is 11.9. The van der Waals surface area contributed by atoms with Crippen LogP contribution in [0.2, 0.25) is 0 Å². The third-order valence-electron chi connectivity index (χ3n) is 4.46. The van der Waals surface area contributed by atoms with E-state index in [-0.39, 0.29) is 57.5 Å². The number of anilines is 1. The molecule has 0 unspecified atom stereocenters. The number of hydrogen-bond donors (Lipinski definition) is 4. The number of amides is 1. The van der Waals surface area contributed by atoms with E-state index in [0.717, 1.165) is 18.2 Å². The summed E-state index contributed by atoms with van der Waals surface area (Å²) in [5, 5.41) is 31.9. The van der Waals surface area contributed by atoms with Crippen molar-refractivity contribution in [3.8, 4) is 11.5 Å². The van der Waals surface area contributed by atoms with Gasteiger partial charge in [0.05, 0.1) is 22.9 Å². The topological polar surface area (TPSA) is 192 Å². The zero-order valence-electron chi connectivity index (χ0n) is 18.5. The Labute approximate surface area is 222 Å². The predicted octanol–water partition coefficient (Wildman–Crippen LogP) is 2.84. The fraction of sp³-hybridized carbons (Fsp3) is 0.150. The molecule has 1 amide bonds. The van der Waals surface area contributed by atoms with Crippen molar-refractivity contribution < 1.29 is 40.6 Å². The Morgan fingerprint density at radius 3 is 2.34 bits per heavy atom. The van der Waals surface area contributed by atoms with E-state index in [9.17, 15) is 31.8 Å². The minimum absolute atomic E-state index is 0. The number of hydrogen-bond acceptors (Lipinski definition) is 10. The van der Waals surface area contributed by atoms with Crippen molar-refractivity contribution in [2.75, 3.05) is 17.7 Å². The summed E-state index contributed by atoms with van der Waals surface area (Å²) in [6, 6.07) is 11.1. The van der Waals surface area contributed by atoms with Crippen LogP contribution >= 0.6 is 0 Å². The van der Waals surface area contributed by atoms with Crippen LogP contribution in [-0.4, -0.2) is 79.4 Å². The van der Waals surface area contributed by atoms with Gasteiger partial charge in [0, 0.05) is 41.9 Å². The standard InChI is InChI=1S/C20H19N3O9S2.Na/c1-12(24)21-15-4-2-3-13-5-7-18(26)20(19(13)15)23-22-16-11-14(6-8-17(16)25)33(27,28)10-9-32-34(29,30)31;/h2-8,11,25-26H,9-10H2,1H3,(H,21,24)(H,29,30,31);. The number of phenolic OH excluding ortho intramolecular Hbond substituents is 2. The molecule has 0 saturated carbocycles. The summed E-state index contributed by atoms with van der Waals surface area (Å²) in [7, 11) is -8.88. The molecule has 12 nitrogen and oxygen atoms in total. The molecule has 0 aliphatic carbocycles. The molecule has 35 heavy (non-hydrogen) atoms. The first kappa shape index (κ1) is 28.6. The Morgan fingerprint density at radius 1 is 1.00 bits per heavy atom. The summed E-state index contributed by atoms with van der Waals surface area (Å²) < 4.78 is 58.7. The second-order valence-electron chi connectivity index (χ2n) is 6.94. The van der Waals surface area contributed by atoms with Crippen molar-refractivity contribution >= 4 is 83.5 Å². The zero-order valence-corrected chi connectivity index (χ0v) is 22.2. The van der Waals surface area contributed by atoms with Crippen LogP contribution in [0.3, 0.4) is 0 Å². The molecule has 0 heterocycles. The first-order valence-electron chi connectivity index (χ1n) is 9.49. The Kier molecular flexibility index (Phi) is 9.36. The maximum absolute atomic E-state index is 12.4. The quantitative estimate of drug-likeness (QED) is 0.192. The molecule has 0 spiro atoms. The number of carbonyl (C=O) groups excluding carboxylic acids is 1. The molecule has 3 aromatic rings. The van der Waals surface area contributed by atoms with Crippen LogP contribution in [0.1, 0.15) is 6.92 Å².